The van der Waals surface area contributed by atoms with Crippen LogP contribution < -0.4 is 5.32 Å². The summed E-state index contributed by atoms with van der Waals surface area (Å²) in [7, 11) is -3.51. The van der Waals surface area contributed by atoms with Crippen molar-refractivity contribution in [3.05, 3.63) is 24.3 Å². The molecule has 3 rings (SSSR count). The van der Waals surface area contributed by atoms with Crippen molar-refractivity contribution in [2.45, 2.75) is 25.2 Å². The van der Waals surface area contributed by atoms with Crippen LogP contribution in [0.2, 0.25) is 0 Å². The molecular formula is C17H25N3O3S. The third kappa shape index (κ3) is 3.63. The minimum atomic E-state index is -3.51. The monoisotopic (exact) mass is 351 g/mol. The second kappa shape index (κ2) is 6.82. The molecule has 1 saturated carbocycles. The van der Waals surface area contributed by atoms with E-state index >= 15 is 0 Å². The molecule has 0 radical (unpaired) electrons. The van der Waals surface area contributed by atoms with E-state index < -0.39 is 10.0 Å². The minimum Gasteiger partial charge on any atom is -0.326 e. The van der Waals surface area contributed by atoms with Crippen molar-refractivity contribution in [1.82, 2.24) is 9.21 Å². The molecule has 1 aromatic carbocycles. The third-order valence-corrected chi connectivity index (χ3v) is 6.86. The zero-order chi connectivity index (χ0) is 17.3. The maximum Gasteiger partial charge on any atom is 0.243 e. The Morgan fingerprint density at radius 2 is 1.92 bits per heavy atom. The number of hydrogen-bond acceptors (Lipinski definition) is 4. The Morgan fingerprint density at radius 3 is 2.50 bits per heavy atom. The first-order valence-corrected chi connectivity index (χ1v) is 9.99. The highest BCUT2D eigenvalue weighted by Gasteiger charge is 2.39. The number of nitrogens with one attached hydrogen (secondary N) is 1. The Kier molecular flexibility index (Phi) is 4.94. The van der Waals surface area contributed by atoms with Gasteiger partial charge >= 0.3 is 0 Å². The summed E-state index contributed by atoms with van der Waals surface area (Å²) in [5.74, 6) is 0.466. The summed E-state index contributed by atoms with van der Waals surface area (Å²) in [6, 6.07) is 6.57. The molecule has 6 nitrogen and oxygen atoms in total. The summed E-state index contributed by atoms with van der Waals surface area (Å²) >= 11 is 0. The van der Waals surface area contributed by atoms with Crippen molar-refractivity contribution in [2.75, 3.05) is 38.0 Å². The molecule has 1 aliphatic carbocycles. The van der Waals surface area contributed by atoms with Gasteiger partial charge in [-0.1, -0.05) is 19.9 Å². The molecule has 0 spiro atoms. The van der Waals surface area contributed by atoms with Gasteiger partial charge in [0, 0.05) is 37.8 Å². The molecule has 1 heterocycles. The molecule has 7 heteroatoms. The summed E-state index contributed by atoms with van der Waals surface area (Å²) in [5, 5.41) is 2.84. The van der Waals surface area contributed by atoms with Gasteiger partial charge in [0.2, 0.25) is 15.9 Å². The summed E-state index contributed by atoms with van der Waals surface area (Å²) in [5.41, 5.74) is 0.548. The summed E-state index contributed by atoms with van der Waals surface area (Å²) in [6.07, 6.45) is 0.908. The Hall–Kier alpha value is -1.44. The molecule has 0 bridgehead atoms. The van der Waals surface area contributed by atoms with Crippen LogP contribution in [-0.4, -0.2) is 56.3 Å². The van der Waals surface area contributed by atoms with Crippen LogP contribution in [0.25, 0.3) is 0 Å². The zero-order valence-electron chi connectivity index (χ0n) is 14.2. The molecule has 0 aromatic heterocycles. The minimum absolute atomic E-state index is 0.0198. The molecule has 132 valence electrons. The van der Waals surface area contributed by atoms with Crippen molar-refractivity contribution >= 4 is 21.6 Å². The molecule has 24 heavy (non-hydrogen) atoms. The maximum absolute atomic E-state index is 12.8. The standard InChI is InChI=1S/C17H25N3O3S/c1-3-19-7-9-20(10-8-19)24(22,23)15-6-4-5-14(12-15)18-17(21)16-11-13(16)2/h4-6,12-13,16H,3,7-11H2,1-2H3,(H,18,21). The first-order chi connectivity index (χ1) is 11.4. The van der Waals surface area contributed by atoms with Gasteiger partial charge in [0.15, 0.2) is 0 Å². The quantitative estimate of drug-likeness (QED) is 0.875. The van der Waals surface area contributed by atoms with E-state index in [9.17, 15) is 13.2 Å². The summed E-state index contributed by atoms with van der Waals surface area (Å²) in [6.45, 7) is 7.59. The highest BCUT2D eigenvalue weighted by molar-refractivity contribution is 7.89. The number of hydrogen-bond donors (Lipinski definition) is 1. The van der Waals surface area contributed by atoms with Gasteiger partial charge in [-0.15, -0.1) is 0 Å². The SMILES string of the molecule is CCN1CCN(S(=O)(=O)c2cccc(NC(=O)C3CC3C)c2)CC1. The van der Waals surface area contributed by atoms with Gasteiger partial charge in [-0.05, 0) is 37.1 Å². The number of sulfonamides is 1. The third-order valence-electron chi connectivity index (χ3n) is 4.96. The van der Waals surface area contributed by atoms with E-state index in [-0.39, 0.29) is 16.7 Å². The van der Waals surface area contributed by atoms with E-state index in [1.54, 1.807) is 24.3 Å². The van der Waals surface area contributed by atoms with Crippen LogP contribution in [0.5, 0.6) is 0 Å². The molecule has 1 aromatic rings. The van der Waals surface area contributed by atoms with Crippen LogP contribution in [0.4, 0.5) is 5.69 Å². The Bertz CT molecular complexity index is 712. The van der Waals surface area contributed by atoms with Gasteiger partial charge in [-0.3, -0.25) is 4.79 Å². The number of benzene rings is 1. The second-order valence-electron chi connectivity index (χ2n) is 6.67. The van der Waals surface area contributed by atoms with E-state index in [1.165, 1.54) is 4.31 Å². The lowest BCUT2D eigenvalue weighted by Crippen LogP contribution is -2.48. The van der Waals surface area contributed by atoms with Crippen LogP contribution in [0, 0.1) is 11.8 Å². The molecule has 2 fully saturated rings. The predicted octanol–water partition coefficient (Wildman–Crippen LogP) is 1.61. The van der Waals surface area contributed by atoms with E-state index in [2.05, 4.69) is 17.1 Å². The van der Waals surface area contributed by atoms with E-state index in [1.807, 2.05) is 6.92 Å². The van der Waals surface area contributed by atoms with Crippen molar-refractivity contribution < 1.29 is 13.2 Å². The van der Waals surface area contributed by atoms with E-state index in [0.29, 0.717) is 24.7 Å². The average Bonchev–Trinajstić information content (AvgIpc) is 3.32. The maximum atomic E-state index is 12.8. The van der Waals surface area contributed by atoms with Gasteiger partial charge in [0.05, 0.1) is 4.90 Å². The smallest absolute Gasteiger partial charge is 0.243 e. The van der Waals surface area contributed by atoms with Crippen LogP contribution in [-0.2, 0) is 14.8 Å². The number of anilines is 1. The number of carbonyl (C=O) groups excluding carboxylic acids is 1. The van der Waals surface area contributed by atoms with Gasteiger partial charge in [-0.25, -0.2) is 8.42 Å². The molecule has 1 saturated heterocycles. The second-order valence-corrected chi connectivity index (χ2v) is 8.61. The zero-order valence-corrected chi connectivity index (χ0v) is 15.1. The van der Waals surface area contributed by atoms with Crippen molar-refractivity contribution in [3.63, 3.8) is 0 Å². The topological polar surface area (TPSA) is 69.7 Å². The first-order valence-electron chi connectivity index (χ1n) is 8.55. The van der Waals surface area contributed by atoms with Gasteiger partial charge < -0.3 is 10.2 Å². The number of nitrogens with zero attached hydrogens (tertiary/aromatic N) is 2. The molecular weight excluding hydrogens is 326 g/mol. The number of amides is 1. The number of carbonyl (C=O) groups is 1. The van der Waals surface area contributed by atoms with Crippen LogP contribution in [0.3, 0.4) is 0 Å². The highest BCUT2D eigenvalue weighted by atomic mass is 32.2. The Morgan fingerprint density at radius 1 is 1.25 bits per heavy atom. The fourth-order valence-corrected chi connectivity index (χ4v) is 4.56. The molecule has 1 amide bonds. The fourth-order valence-electron chi connectivity index (χ4n) is 3.09. The normalized spacial score (nSPS) is 25.4. The lowest BCUT2D eigenvalue weighted by molar-refractivity contribution is -0.117. The fraction of sp³-hybridized carbons (Fsp3) is 0.588. The van der Waals surface area contributed by atoms with Crippen LogP contribution in [0.15, 0.2) is 29.2 Å². The molecule has 1 N–H and O–H groups in total. The Labute approximate surface area is 143 Å². The lowest BCUT2D eigenvalue weighted by Gasteiger charge is -2.33. The number of piperazine rings is 1. The van der Waals surface area contributed by atoms with Gasteiger partial charge in [-0.2, -0.15) is 4.31 Å². The number of rotatable bonds is 5. The highest BCUT2D eigenvalue weighted by Crippen LogP contribution is 2.38. The average molecular weight is 351 g/mol. The van der Waals surface area contributed by atoms with Gasteiger partial charge in [0.25, 0.3) is 0 Å². The van der Waals surface area contributed by atoms with Crippen LogP contribution in [0.1, 0.15) is 20.3 Å². The summed E-state index contributed by atoms with van der Waals surface area (Å²) < 4.78 is 27.2. The molecule has 2 unspecified atom stereocenters. The summed E-state index contributed by atoms with van der Waals surface area (Å²) in [4.78, 5) is 14.5. The molecule has 1 aliphatic heterocycles. The first kappa shape index (κ1) is 17.4. The Balaban J connectivity index is 1.71. The molecule has 2 aliphatic rings. The lowest BCUT2D eigenvalue weighted by atomic mass is 10.3. The largest absolute Gasteiger partial charge is 0.326 e. The van der Waals surface area contributed by atoms with Crippen molar-refractivity contribution in [3.8, 4) is 0 Å². The van der Waals surface area contributed by atoms with Crippen LogP contribution >= 0.6 is 0 Å². The predicted molar refractivity (Wildman–Crippen MR) is 93.2 cm³/mol. The number of likely N-dealkylation sites (N-methyl/N-ethyl adjacent to an activating group) is 1. The van der Waals surface area contributed by atoms with E-state index in [4.69, 9.17) is 0 Å². The van der Waals surface area contributed by atoms with Crippen molar-refractivity contribution in [1.29, 1.82) is 0 Å². The molecule has 2 atom stereocenters. The van der Waals surface area contributed by atoms with Gasteiger partial charge in [0.1, 0.15) is 0 Å². The van der Waals surface area contributed by atoms with E-state index in [0.717, 1.165) is 26.1 Å². The van der Waals surface area contributed by atoms with Crippen molar-refractivity contribution in [2.24, 2.45) is 11.8 Å².